The number of aliphatic carboxylic acids is 1. The molecule has 0 bridgehead atoms. The molecule has 3 aromatic rings. The number of hydrogen-bond donors (Lipinski definition) is 2. The van der Waals surface area contributed by atoms with Crippen molar-refractivity contribution in [2.24, 2.45) is 17.0 Å². The average molecular weight is 532 g/mol. The Morgan fingerprint density at radius 3 is 2.92 bits per heavy atom. The van der Waals surface area contributed by atoms with Crippen LogP contribution < -0.4 is 4.74 Å². The molecule has 1 saturated heterocycles. The Hall–Kier alpha value is -2.69. The SMILES string of the molecule is COc1ccc2nc(F)cc(/C(CCC3CCN(CCSc4cccs4)CC3CC(=O)O)=N\O)c2c1. The molecule has 1 aromatic carbocycles. The molecule has 2 atom stereocenters. The van der Waals surface area contributed by atoms with Crippen molar-refractivity contribution in [2.45, 2.75) is 29.9 Å². The van der Waals surface area contributed by atoms with Crippen molar-refractivity contribution in [3.8, 4) is 5.75 Å². The number of pyridine rings is 1. The zero-order chi connectivity index (χ0) is 25.5. The first-order valence-corrected chi connectivity index (χ1v) is 13.8. The van der Waals surface area contributed by atoms with Crippen molar-refractivity contribution in [1.82, 2.24) is 9.88 Å². The Morgan fingerprint density at radius 1 is 1.33 bits per heavy atom. The summed E-state index contributed by atoms with van der Waals surface area (Å²) in [6.07, 6.45) is 2.04. The second kappa shape index (κ2) is 12.5. The molecule has 0 aliphatic carbocycles. The topological polar surface area (TPSA) is 95.2 Å². The third-order valence-electron chi connectivity index (χ3n) is 6.73. The van der Waals surface area contributed by atoms with Crippen molar-refractivity contribution in [3.63, 3.8) is 0 Å². The van der Waals surface area contributed by atoms with Crippen LogP contribution in [0.2, 0.25) is 0 Å². The lowest BCUT2D eigenvalue weighted by atomic mass is 9.79. The maximum atomic E-state index is 14.3. The van der Waals surface area contributed by atoms with Crippen LogP contribution in [0.5, 0.6) is 5.75 Å². The molecule has 4 rings (SSSR count). The molecule has 192 valence electrons. The number of methoxy groups -OCH3 is 1. The first-order chi connectivity index (χ1) is 17.5. The number of hydrogen-bond acceptors (Lipinski definition) is 8. The maximum absolute atomic E-state index is 14.3. The molecule has 1 fully saturated rings. The van der Waals surface area contributed by atoms with Gasteiger partial charge in [0.2, 0.25) is 5.95 Å². The number of carboxylic acid groups (broad SMARTS) is 1. The van der Waals surface area contributed by atoms with E-state index in [0.29, 0.717) is 40.8 Å². The van der Waals surface area contributed by atoms with E-state index in [2.05, 4.69) is 26.5 Å². The van der Waals surface area contributed by atoms with Gasteiger partial charge in [0.15, 0.2) is 0 Å². The molecule has 10 heteroatoms. The summed E-state index contributed by atoms with van der Waals surface area (Å²) in [4.78, 5) is 17.9. The number of aromatic nitrogens is 1. The fourth-order valence-electron chi connectivity index (χ4n) is 4.91. The largest absolute Gasteiger partial charge is 0.497 e. The average Bonchev–Trinajstić information content (AvgIpc) is 3.38. The van der Waals surface area contributed by atoms with Crippen molar-refractivity contribution >= 4 is 45.7 Å². The minimum absolute atomic E-state index is 0.00828. The third kappa shape index (κ3) is 6.74. The number of piperidine rings is 1. The molecule has 0 saturated carbocycles. The van der Waals surface area contributed by atoms with Gasteiger partial charge >= 0.3 is 5.97 Å². The van der Waals surface area contributed by atoms with E-state index < -0.39 is 11.9 Å². The van der Waals surface area contributed by atoms with Gasteiger partial charge < -0.3 is 20.0 Å². The molecule has 36 heavy (non-hydrogen) atoms. The Kier molecular flexibility index (Phi) is 9.17. The Morgan fingerprint density at radius 2 is 2.19 bits per heavy atom. The van der Waals surface area contributed by atoms with Crippen LogP contribution in [-0.4, -0.2) is 64.4 Å². The number of carboxylic acids is 1. The van der Waals surface area contributed by atoms with Crippen LogP contribution in [0.25, 0.3) is 10.9 Å². The summed E-state index contributed by atoms with van der Waals surface area (Å²) < 4.78 is 20.9. The number of halogens is 1. The van der Waals surface area contributed by atoms with Crippen molar-refractivity contribution < 1.29 is 24.2 Å². The fraction of sp³-hybridized carbons (Fsp3) is 0.423. The zero-order valence-electron chi connectivity index (χ0n) is 20.1. The number of thioether (sulfide) groups is 1. The number of ether oxygens (including phenoxy) is 1. The Labute approximate surface area is 218 Å². The quantitative estimate of drug-likeness (QED) is 0.109. The summed E-state index contributed by atoms with van der Waals surface area (Å²) in [5.41, 5.74) is 1.28. The number of fused-ring (bicyclic) bond motifs is 1. The molecule has 0 amide bonds. The molecule has 2 aromatic heterocycles. The molecule has 3 heterocycles. The van der Waals surface area contributed by atoms with Gasteiger partial charge in [0.05, 0.1) is 22.5 Å². The van der Waals surface area contributed by atoms with Gasteiger partial charge in [0, 0.05) is 42.3 Å². The standard InChI is InChI=1S/C26H30FN3O4S2/c1-34-19-5-7-22-20(14-19)21(15-24(27)28-22)23(29-33)6-4-17-8-9-30(16-18(17)13-25(31)32)10-12-36-26-3-2-11-35-26/h2-3,5,7,11,14-15,17-18,33H,4,6,8-10,12-13,16H2,1H3,(H,31,32)/b29-23-. The minimum Gasteiger partial charge on any atom is -0.497 e. The lowest BCUT2D eigenvalue weighted by molar-refractivity contribution is -0.139. The highest BCUT2D eigenvalue weighted by Gasteiger charge is 2.31. The van der Waals surface area contributed by atoms with Gasteiger partial charge in [-0.15, -0.1) is 23.1 Å². The number of likely N-dealkylation sites (tertiary alicyclic amines) is 1. The number of rotatable bonds is 11. The van der Waals surface area contributed by atoms with Gasteiger partial charge in [-0.2, -0.15) is 4.39 Å². The highest BCUT2D eigenvalue weighted by atomic mass is 32.2. The number of benzene rings is 1. The second-order valence-electron chi connectivity index (χ2n) is 8.95. The predicted molar refractivity (Wildman–Crippen MR) is 141 cm³/mol. The van der Waals surface area contributed by atoms with Crippen LogP contribution in [0.4, 0.5) is 4.39 Å². The van der Waals surface area contributed by atoms with E-state index in [1.54, 1.807) is 36.6 Å². The summed E-state index contributed by atoms with van der Waals surface area (Å²) in [6.45, 7) is 2.55. The number of oxime groups is 1. The monoisotopic (exact) mass is 531 g/mol. The molecule has 1 aliphatic heterocycles. The van der Waals surface area contributed by atoms with E-state index >= 15 is 0 Å². The molecule has 1 aliphatic rings. The summed E-state index contributed by atoms with van der Waals surface area (Å²) in [7, 11) is 1.55. The van der Waals surface area contributed by atoms with Crippen LogP contribution in [0, 0.1) is 17.8 Å². The summed E-state index contributed by atoms with van der Waals surface area (Å²) in [6, 6.07) is 10.6. The predicted octanol–water partition coefficient (Wildman–Crippen LogP) is 5.61. The summed E-state index contributed by atoms with van der Waals surface area (Å²) in [5, 5.41) is 25.6. The third-order valence-corrected chi connectivity index (χ3v) is 8.84. The van der Waals surface area contributed by atoms with E-state index in [4.69, 9.17) is 4.74 Å². The lowest BCUT2D eigenvalue weighted by Crippen LogP contribution is -2.42. The fourth-order valence-corrected chi connectivity index (χ4v) is 6.78. The molecule has 2 N–H and O–H groups in total. The molecule has 0 spiro atoms. The Bertz CT molecular complexity index is 1210. The van der Waals surface area contributed by atoms with Crippen molar-refractivity contribution in [2.75, 3.05) is 32.5 Å². The highest BCUT2D eigenvalue weighted by Crippen LogP contribution is 2.33. The molecule has 0 radical (unpaired) electrons. The van der Waals surface area contributed by atoms with Crippen LogP contribution in [0.15, 0.2) is 51.1 Å². The van der Waals surface area contributed by atoms with Crippen molar-refractivity contribution in [1.29, 1.82) is 0 Å². The summed E-state index contributed by atoms with van der Waals surface area (Å²) >= 11 is 3.56. The Balaban J connectivity index is 1.42. The van der Waals surface area contributed by atoms with Crippen molar-refractivity contribution in [3.05, 3.63) is 53.3 Å². The van der Waals surface area contributed by atoms with Crippen LogP contribution in [-0.2, 0) is 4.79 Å². The van der Waals surface area contributed by atoms with Gasteiger partial charge in [-0.05, 0) is 67.3 Å². The van der Waals surface area contributed by atoms with E-state index in [-0.39, 0.29) is 18.3 Å². The van der Waals surface area contributed by atoms with E-state index in [1.807, 2.05) is 17.8 Å². The normalized spacial score (nSPS) is 19.0. The second-order valence-corrected chi connectivity index (χ2v) is 11.3. The molecular formula is C26H30FN3O4S2. The van der Waals surface area contributed by atoms with Crippen LogP contribution >= 0.6 is 23.1 Å². The smallest absolute Gasteiger partial charge is 0.303 e. The molecule has 7 nitrogen and oxygen atoms in total. The number of thiophene rings is 1. The van der Waals surface area contributed by atoms with E-state index in [9.17, 15) is 19.5 Å². The van der Waals surface area contributed by atoms with E-state index in [0.717, 1.165) is 31.8 Å². The van der Waals surface area contributed by atoms with Gasteiger partial charge in [0.25, 0.3) is 0 Å². The maximum Gasteiger partial charge on any atom is 0.303 e. The number of nitrogens with zero attached hydrogens (tertiary/aromatic N) is 3. The van der Waals surface area contributed by atoms with Crippen LogP contribution in [0.3, 0.4) is 0 Å². The van der Waals surface area contributed by atoms with Gasteiger partial charge in [-0.1, -0.05) is 11.2 Å². The van der Waals surface area contributed by atoms with Gasteiger partial charge in [-0.3, -0.25) is 4.79 Å². The first kappa shape index (κ1) is 26.4. The van der Waals surface area contributed by atoms with Gasteiger partial charge in [-0.25, -0.2) is 4.98 Å². The first-order valence-electron chi connectivity index (χ1n) is 11.9. The van der Waals surface area contributed by atoms with Gasteiger partial charge in [0.1, 0.15) is 5.75 Å². The zero-order valence-corrected chi connectivity index (χ0v) is 21.7. The van der Waals surface area contributed by atoms with E-state index in [1.165, 1.54) is 10.3 Å². The number of carbonyl (C=O) groups is 1. The lowest BCUT2D eigenvalue weighted by Gasteiger charge is -2.38. The highest BCUT2D eigenvalue weighted by molar-refractivity contribution is 8.01. The minimum atomic E-state index is -0.801. The molecule has 2 unspecified atom stereocenters. The summed E-state index contributed by atoms with van der Waals surface area (Å²) in [5.74, 6) is 0.295. The van der Waals surface area contributed by atoms with Crippen LogP contribution in [0.1, 0.15) is 31.2 Å². The molecular weight excluding hydrogens is 501 g/mol.